The molecule has 106 valence electrons. The van der Waals surface area contributed by atoms with Crippen LogP contribution in [0.25, 0.3) is 0 Å². The molecule has 0 radical (unpaired) electrons. The van der Waals surface area contributed by atoms with Crippen LogP contribution in [-0.4, -0.2) is 54.1 Å². The Bertz CT molecular complexity index is 416. The highest BCUT2D eigenvalue weighted by Gasteiger charge is 2.27. The molecule has 1 fully saturated rings. The summed E-state index contributed by atoms with van der Waals surface area (Å²) >= 11 is 0. The van der Waals surface area contributed by atoms with E-state index in [1.54, 1.807) is 0 Å². The van der Waals surface area contributed by atoms with Crippen LogP contribution < -0.4 is 10.2 Å². The van der Waals surface area contributed by atoms with Crippen molar-refractivity contribution in [3.05, 3.63) is 11.8 Å². The van der Waals surface area contributed by atoms with Crippen LogP contribution in [0.1, 0.15) is 25.8 Å². The summed E-state index contributed by atoms with van der Waals surface area (Å²) in [6, 6.07) is 0.655. The zero-order valence-corrected chi connectivity index (χ0v) is 12.5. The zero-order chi connectivity index (χ0) is 13.8. The molecule has 0 spiro atoms. The number of aryl methyl sites for hydroxylation is 1. The van der Waals surface area contributed by atoms with Gasteiger partial charge in [0, 0.05) is 37.9 Å². The topological polar surface area (TPSA) is 44.3 Å². The molecule has 1 unspecified atom stereocenters. The maximum absolute atomic E-state index is 4.60. The van der Waals surface area contributed by atoms with Crippen LogP contribution in [-0.2, 0) is 0 Å². The fourth-order valence-corrected chi connectivity index (χ4v) is 2.85. The van der Waals surface area contributed by atoms with Gasteiger partial charge in [0.1, 0.15) is 5.82 Å². The Labute approximate surface area is 116 Å². The molecule has 0 saturated carbocycles. The Hall–Kier alpha value is -1.36. The van der Waals surface area contributed by atoms with E-state index in [2.05, 4.69) is 45.9 Å². The average molecular weight is 263 g/mol. The smallest absolute Gasteiger partial charge is 0.224 e. The van der Waals surface area contributed by atoms with Gasteiger partial charge >= 0.3 is 0 Å². The second-order valence-corrected chi connectivity index (χ2v) is 5.06. The Morgan fingerprint density at radius 3 is 2.79 bits per heavy atom. The van der Waals surface area contributed by atoms with Gasteiger partial charge in [0.05, 0.1) is 0 Å². The number of hydrogen-bond acceptors (Lipinski definition) is 5. The van der Waals surface area contributed by atoms with Crippen molar-refractivity contribution in [2.24, 2.45) is 0 Å². The highest BCUT2D eigenvalue weighted by molar-refractivity contribution is 5.49. The van der Waals surface area contributed by atoms with E-state index in [0.717, 1.165) is 37.6 Å². The Balaban J connectivity index is 2.12. The molecule has 0 aromatic carbocycles. The first-order valence-corrected chi connectivity index (χ1v) is 7.20. The monoisotopic (exact) mass is 263 g/mol. The fraction of sp³-hybridized carbons (Fsp3) is 0.714. The van der Waals surface area contributed by atoms with Gasteiger partial charge in [-0.1, -0.05) is 13.8 Å². The molecule has 1 saturated heterocycles. The van der Waals surface area contributed by atoms with Crippen LogP contribution in [0.5, 0.6) is 0 Å². The Kier molecular flexibility index (Phi) is 4.58. The molecule has 19 heavy (non-hydrogen) atoms. The molecule has 5 heteroatoms. The Morgan fingerprint density at radius 1 is 1.42 bits per heavy atom. The molecule has 2 rings (SSSR count). The molecule has 1 aromatic heterocycles. The lowest BCUT2D eigenvalue weighted by atomic mass is 10.2. The van der Waals surface area contributed by atoms with Crippen molar-refractivity contribution in [3.63, 3.8) is 0 Å². The third kappa shape index (κ3) is 2.97. The van der Waals surface area contributed by atoms with Gasteiger partial charge < -0.3 is 10.2 Å². The maximum Gasteiger partial charge on any atom is 0.224 e. The average Bonchev–Trinajstić information content (AvgIpc) is 2.90. The number of anilines is 2. The van der Waals surface area contributed by atoms with E-state index in [0.29, 0.717) is 12.0 Å². The zero-order valence-electron chi connectivity index (χ0n) is 12.5. The fourth-order valence-electron chi connectivity index (χ4n) is 2.85. The van der Waals surface area contributed by atoms with Crippen molar-refractivity contribution in [2.45, 2.75) is 33.2 Å². The van der Waals surface area contributed by atoms with E-state index >= 15 is 0 Å². The van der Waals surface area contributed by atoms with Gasteiger partial charge in [-0.15, -0.1) is 0 Å². The highest BCUT2D eigenvalue weighted by Crippen LogP contribution is 2.24. The normalized spacial score (nSPS) is 19.2. The number of aromatic nitrogens is 2. The summed E-state index contributed by atoms with van der Waals surface area (Å²) in [4.78, 5) is 13.8. The number of likely N-dealkylation sites (N-methyl/N-ethyl adjacent to an activating group) is 1. The minimum Gasteiger partial charge on any atom is -0.357 e. The van der Waals surface area contributed by atoms with Crippen molar-refractivity contribution in [1.82, 2.24) is 14.9 Å². The summed E-state index contributed by atoms with van der Waals surface area (Å²) in [6.45, 7) is 11.0. The first kappa shape index (κ1) is 14.1. The highest BCUT2D eigenvalue weighted by atomic mass is 15.3. The van der Waals surface area contributed by atoms with Gasteiger partial charge in [0.25, 0.3) is 0 Å². The number of nitrogens with one attached hydrogen (secondary N) is 1. The maximum atomic E-state index is 4.60. The molecule has 1 aromatic rings. The van der Waals surface area contributed by atoms with Gasteiger partial charge in [-0.2, -0.15) is 4.98 Å². The van der Waals surface area contributed by atoms with Crippen LogP contribution in [0, 0.1) is 6.92 Å². The van der Waals surface area contributed by atoms with Crippen LogP contribution >= 0.6 is 0 Å². The molecular formula is C14H25N5. The standard InChI is InChI=1S/C14H25N5/c1-5-18(6-2)12-7-8-19(10-12)13-11(3)9-16-14(15-4)17-13/h9,12H,5-8,10H2,1-4H3,(H,15,16,17). The van der Waals surface area contributed by atoms with Crippen molar-refractivity contribution < 1.29 is 0 Å². The van der Waals surface area contributed by atoms with Crippen molar-refractivity contribution in [3.8, 4) is 0 Å². The van der Waals surface area contributed by atoms with E-state index in [1.807, 2.05) is 13.2 Å². The molecule has 0 aliphatic carbocycles. The van der Waals surface area contributed by atoms with Gasteiger partial charge in [-0.3, -0.25) is 4.90 Å². The summed E-state index contributed by atoms with van der Waals surface area (Å²) in [5, 5.41) is 3.02. The molecule has 5 nitrogen and oxygen atoms in total. The van der Waals surface area contributed by atoms with E-state index in [-0.39, 0.29) is 0 Å². The Morgan fingerprint density at radius 2 is 2.16 bits per heavy atom. The van der Waals surface area contributed by atoms with Gasteiger partial charge in [-0.25, -0.2) is 4.98 Å². The first-order valence-electron chi connectivity index (χ1n) is 7.20. The predicted molar refractivity (Wildman–Crippen MR) is 79.9 cm³/mol. The third-order valence-electron chi connectivity index (χ3n) is 3.96. The van der Waals surface area contributed by atoms with Crippen LogP contribution in [0.3, 0.4) is 0 Å². The van der Waals surface area contributed by atoms with Crippen molar-refractivity contribution >= 4 is 11.8 Å². The van der Waals surface area contributed by atoms with Crippen LogP contribution in [0.2, 0.25) is 0 Å². The van der Waals surface area contributed by atoms with E-state index < -0.39 is 0 Å². The van der Waals surface area contributed by atoms with E-state index in [1.165, 1.54) is 6.42 Å². The largest absolute Gasteiger partial charge is 0.357 e. The minimum absolute atomic E-state index is 0.655. The summed E-state index contributed by atoms with van der Waals surface area (Å²) in [5.41, 5.74) is 1.15. The molecule has 1 N–H and O–H groups in total. The lowest BCUT2D eigenvalue weighted by molar-refractivity contribution is 0.232. The number of nitrogens with zero attached hydrogens (tertiary/aromatic N) is 4. The van der Waals surface area contributed by atoms with Gasteiger partial charge in [-0.05, 0) is 26.4 Å². The second kappa shape index (κ2) is 6.19. The molecule has 0 amide bonds. The number of hydrogen-bond donors (Lipinski definition) is 1. The number of rotatable bonds is 5. The third-order valence-corrected chi connectivity index (χ3v) is 3.96. The lowest BCUT2D eigenvalue weighted by Gasteiger charge is -2.26. The van der Waals surface area contributed by atoms with Crippen LogP contribution in [0.4, 0.5) is 11.8 Å². The molecule has 1 aliphatic heterocycles. The lowest BCUT2D eigenvalue weighted by Crippen LogP contribution is -2.37. The van der Waals surface area contributed by atoms with Crippen molar-refractivity contribution in [2.75, 3.05) is 43.4 Å². The van der Waals surface area contributed by atoms with Crippen LogP contribution in [0.15, 0.2) is 6.20 Å². The molecule has 1 aliphatic rings. The first-order chi connectivity index (χ1) is 9.19. The summed E-state index contributed by atoms with van der Waals surface area (Å²) in [5.74, 6) is 1.78. The van der Waals surface area contributed by atoms with E-state index in [9.17, 15) is 0 Å². The molecular weight excluding hydrogens is 238 g/mol. The van der Waals surface area contributed by atoms with Crippen molar-refractivity contribution in [1.29, 1.82) is 0 Å². The van der Waals surface area contributed by atoms with E-state index in [4.69, 9.17) is 0 Å². The molecule has 0 bridgehead atoms. The van der Waals surface area contributed by atoms with Gasteiger partial charge in [0.2, 0.25) is 5.95 Å². The molecule has 1 atom stereocenters. The quantitative estimate of drug-likeness (QED) is 0.877. The summed E-state index contributed by atoms with van der Waals surface area (Å²) < 4.78 is 0. The predicted octanol–water partition coefficient (Wildman–Crippen LogP) is 1.75. The minimum atomic E-state index is 0.655. The SMILES string of the molecule is CCN(CC)C1CCN(c2nc(NC)ncc2C)C1. The van der Waals surface area contributed by atoms with Gasteiger partial charge in [0.15, 0.2) is 0 Å². The molecule has 2 heterocycles. The second-order valence-electron chi connectivity index (χ2n) is 5.06. The summed E-state index contributed by atoms with van der Waals surface area (Å²) in [7, 11) is 1.86. The summed E-state index contributed by atoms with van der Waals surface area (Å²) in [6.07, 6.45) is 3.12.